The predicted molar refractivity (Wildman–Crippen MR) is 143 cm³/mol. The minimum atomic E-state index is -0.672. The zero-order valence-corrected chi connectivity index (χ0v) is 22.2. The summed E-state index contributed by atoms with van der Waals surface area (Å²) in [7, 11) is 0. The Morgan fingerprint density at radius 2 is 1.92 bits per heavy atom. The van der Waals surface area contributed by atoms with Crippen LogP contribution < -0.4 is 20.5 Å². The number of hydrogen-bond donors (Lipinski definition) is 2. The maximum atomic E-state index is 13.2. The summed E-state index contributed by atoms with van der Waals surface area (Å²) in [6, 6.07) is 14.9. The molecule has 0 aromatic heterocycles. The number of ether oxygens (including phenoxy) is 3. The van der Waals surface area contributed by atoms with E-state index in [-0.39, 0.29) is 35.2 Å². The lowest BCUT2D eigenvalue weighted by atomic mass is 9.70. The van der Waals surface area contributed by atoms with Gasteiger partial charge < -0.3 is 25.3 Å². The first-order valence-electron chi connectivity index (χ1n) is 12.8. The van der Waals surface area contributed by atoms with Gasteiger partial charge in [-0.05, 0) is 48.1 Å². The Balaban J connectivity index is 1.61. The second-order valence-corrected chi connectivity index (χ2v) is 10.2. The molecule has 1 unspecified atom stereocenters. The van der Waals surface area contributed by atoms with E-state index in [0.29, 0.717) is 47.8 Å². The minimum Gasteiger partial charge on any atom is -0.490 e. The van der Waals surface area contributed by atoms with Crippen LogP contribution in [-0.2, 0) is 20.7 Å². The minimum absolute atomic E-state index is 0.00377. The van der Waals surface area contributed by atoms with Crippen molar-refractivity contribution in [2.24, 2.45) is 11.1 Å². The van der Waals surface area contributed by atoms with Crippen LogP contribution in [0.2, 0.25) is 0 Å². The zero-order chi connectivity index (χ0) is 27.4. The van der Waals surface area contributed by atoms with Gasteiger partial charge in [-0.15, -0.1) is 0 Å². The lowest BCUT2D eigenvalue weighted by molar-refractivity contribution is -0.119. The maximum absolute atomic E-state index is 13.2. The van der Waals surface area contributed by atoms with Crippen LogP contribution >= 0.6 is 0 Å². The Hall–Kier alpha value is -4.25. The van der Waals surface area contributed by atoms with Crippen LogP contribution in [0.5, 0.6) is 11.5 Å². The molecule has 1 aliphatic carbocycles. The predicted octanol–water partition coefficient (Wildman–Crippen LogP) is 5.12. The number of ketones is 1. The second-order valence-electron chi connectivity index (χ2n) is 10.2. The van der Waals surface area contributed by atoms with Gasteiger partial charge in [0.1, 0.15) is 17.4 Å². The Kier molecular flexibility index (Phi) is 7.77. The molecule has 0 spiro atoms. The summed E-state index contributed by atoms with van der Waals surface area (Å²) < 4.78 is 17.4. The largest absolute Gasteiger partial charge is 0.490 e. The number of carbonyl (C=O) groups excluding carboxylic acids is 2. The van der Waals surface area contributed by atoms with E-state index in [0.717, 1.165) is 17.7 Å². The SMILES string of the molecule is CCOc1cc(C2C(C#N)=C(N)OC3=C2C(=O)CC(C)(C)C3)ccc1OCC(=O)Nc1ccccc1CC. The van der Waals surface area contributed by atoms with Crippen LogP contribution in [0.3, 0.4) is 0 Å². The molecule has 0 saturated heterocycles. The number of nitriles is 1. The molecule has 8 heteroatoms. The highest BCUT2D eigenvalue weighted by molar-refractivity contribution is 6.00. The van der Waals surface area contributed by atoms with Gasteiger partial charge in [-0.3, -0.25) is 9.59 Å². The summed E-state index contributed by atoms with van der Waals surface area (Å²) in [6.45, 7) is 8.01. The lowest BCUT2D eigenvalue weighted by Crippen LogP contribution is -2.33. The summed E-state index contributed by atoms with van der Waals surface area (Å²) in [6.07, 6.45) is 1.68. The molecule has 0 fully saturated rings. The molecule has 3 N–H and O–H groups in total. The van der Waals surface area contributed by atoms with Gasteiger partial charge in [0.25, 0.3) is 5.91 Å². The molecule has 1 aliphatic heterocycles. The zero-order valence-electron chi connectivity index (χ0n) is 22.2. The molecule has 1 heterocycles. The number of amides is 1. The Labute approximate surface area is 223 Å². The van der Waals surface area contributed by atoms with E-state index in [1.807, 2.05) is 52.0 Å². The van der Waals surface area contributed by atoms with Crippen molar-refractivity contribution in [2.75, 3.05) is 18.5 Å². The smallest absolute Gasteiger partial charge is 0.262 e. The normalized spacial score (nSPS) is 18.3. The van der Waals surface area contributed by atoms with Crippen molar-refractivity contribution in [3.05, 3.63) is 76.4 Å². The van der Waals surface area contributed by atoms with E-state index in [9.17, 15) is 14.9 Å². The highest BCUT2D eigenvalue weighted by Gasteiger charge is 2.43. The number of hydrogen-bond acceptors (Lipinski definition) is 7. The van der Waals surface area contributed by atoms with E-state index in [1.165, 1.54) is 0 Å². The molecule has 1 atom stereocenters. The Bertz CT molecular complexity index is 1370. The van der Waals surface area contributed by atoms with Crippen LogP contribution in [0.4, 0.5) is 5.69 Å². The number of allylic oxidation sites excluding steroid dienone is 3. The lowest BCUT2D eigenvalue weighted by Gasteiger charge is -2.37. The van der Waals surface area contributed by atoms with Crippen LogP contribution in [0.1, 0.15) is 57.6 Å². The van der Waals surface area contributed by atoms with E-state index in [2.05, 4.69) is 11.4 Å². The second kappa shape index (κ2) is 11.0. The molecule has 0 saturated carbocycles. The fourth-order valence-corrected chi connectivity index (χ4v) is 4.99. The Morgan fingerprint density at radius 1 is 1.16 bits per heavy atom. The molecule has 198 valence electrons. The topological polar surface area (TPSA) is 124 Å². The van der Waals surface area contributed by atoms with Gasteiger partial charge in [-0.25, -0.2) is 0 Å². The summed E-state index contributed by atoms with van der Waals surface area (Å²) in [4.78, 5) is 25.8. The first kappa shape index (κ1) is 26.8. The van der Waals surface area contributed by atoms with Gasteiger partial charge in [0.15, 0.2) is 23.9 Å². The Morgan fingerprint density at radius 3 is 2.63 bits per heavy atom. The van der Waals surface area contributed by atoms with Crippen LogP contribution in [0.25, 0.3) is 0 Å². The number of Topliss-reactive ketones (excluding diaryl/α,β-unsaturated/α-hetero) is 1. The van der Waals surface area contributed by atoms with Gasteiger partial charge in [-0.1, -0.05) is 45.0 Å². The van der Waals surface area contributed by atoms with Crippen molar-refractivity contribution < 1.29 is 23.8 Å². The van der Waals surface area contributed by atoms with E-state index in [4.69, 9.17) is 19.9 Å². The van der Waals surface area contributed by atoms with E-state index < -0.39 is 5.92 Å². The molecular formula is C30H33N3O5. The number of benzene rings is 2. The van der Waals surface area contributed by atoms with E-state index in [1.54, 1.807) is 18.2 Å². The van der Waals surface area contributed by atoms with Crippen molar-refractivity contribution in [3.63, 3.8) is 0 Å². The van der Waals surface area contributed by atoms with Crippen LogP contribution in [0.15, 0.2) is 65.3 Å². The number of nitrogens with one attached hydrogen (secondary N) is 1. The van der Waals surface area contributed by atoms with Crippen LogP contribution in [-0.4, -0.2) is 24.9 Å². The van der Waals surface area contributed by atoms with Crippen molar-refractivity contribution >= 4 is 17.4 Å². The third-order valence-electron chi connectivity index (χ3n) is 6.71. The molecule has 4 rings (SSSR count). The molecule has 2 aliphatic rings. The molecule has 2 aromatic carbocycles. The van der Waals surface area contributed by atoms with Gasteiger partial charge in [0.2, 0.25) is 5.88 Å². The van der Waals surface area contributed by atoms with Crippen molar-refractivity contribution in [1.29, 1.82) is 5.26 Å². The number of rotatable bonds is 8. The highest BCUT2D eigenvalue weighted by Crippen LogP contribution is 2.48. The van der Waals surface area contributed by atoms with Gasteiger partial charge in [-0.2, -0.15) is 5.26 Å². The molecule has 0 radical (unpaired) electrons. The fourth-order valence-electron chi connectivity index (χ4n) is 4.99. The highest BCUT2D eigenvalue weighted by atomic mass is 16.5. The third kappa shape index (κ3) is 5.52. The standard InChI is InChI=1S/C30H33N3O5/c1-5-18-9-7-8-10-21(18)33-26(35)17-37-23-12-11-19(13-24(23)36-6-2)27-20(16-31)29(32)38-25-15-30(3,4)14-22(34)28(25)27/h7-13,27H,5-6,14-15,17,32H2,1-4H3,(H,33,35). The molecule has 2 aromatic rings. The van der Waals surface area contributed by atoms with Crippen molar-refractivity contribution in [3.8, 4) is 17.6 Å². The number of aryl methyl sites for hydroxylation is 1. The third-order valence-corrected chi connectivity index (χ3v) is 6.71. The quantitative estimate of drug-likeness (QED) is 0.500. The van der Waals surface area contributed by atoms with Gasteiger partial charge in [0, 0.05) is 24.1 Å². The number of anilines is 1. The van der Waals surface area contributed by atoms with Crippen molar-refractivity contribution in [2.45, 2.75) is 52.9 Å². The molecule has 38 heavy (non-hydrogen) atoms. The first-order valence-corrected chi connectivity index (χ1v) is 12.8. The first-order chi connectivity index (χ1) is 18.2. The summed E-state index contributed by atoms with van der Waals surface area (Å²) in [5.41, 5.74) is 8.96. The molecule has 1 amide bonds. The molecular weight excluding hydrogens is 482 g/mol. The van der Waals surface area contributed by atoms with Gasteiger partial charge in [0.05, 0.1) is 12.5 Å². The number of para-hydroxylation sites is 1. The molecule has 8 nitrogen and oxygen atoms in total. The van der Waals surface area contributed by atoms with E-state index >= 15 is 0 Å². The maximum Gasteiger partial charge on any atom is 0.262 e. The summed E-state index contributed by atoms with van der Waals surface area (Å²) >= 11 is 0. The summed E-state index contributed by atoms with van der Waals surface area (Å²) in [5, 5.41) is 12.8. The van der Waals surface area contributed by atoms with Gasteiger partial charge >= 0.3 is 0 Å². The average Bonchev–Trinajstić information content (AvgIpc) is 2.87. The number of nitrogens with two attached hydrogens (primary N) is 1. The monoisotopic (exact) mass is 515 g/mol. The van der Waals surface area contributed by atoms with Crippen LogP contribution in [0, 0.1) is 16.7 Å². The van der Waals surface area contributed by atoms with Crippen molar-refractivity contribution in [1.82, 2.24) is 0 Å². The summed E-state index contributed by atoms with van der Waals surface area (Å²) in [5.74, 6) is 0.258. The number of nitrogens with zero attached hydrogens (tertiary/aromatic N) is 1. The average molecular weight is 516 g/mol. The fraction of sp³-hybridized carbons (Fsp3) is 0.367. The molecule has 0 bridgehead atoms. The number of carbonyl (C=O) groups is 2.